The Morgan fingerprint density at radius 2 is 2.19 bits per heavy atom. The molecule has 136 valence electrons. The van der Waals surface area contributed by atoms with Crippen LogP contribution >= 0.6 is 11.3 Å². The van der Waals surface area contributed by atoms with Gasteiger partial charge in [0.25, 0.3) is 5.91 Å². The minimum absolute atomic E-state index is 0.0762. The smallest absolute Gasteiger partial charge is 0.259 e. The Labute approximate surface area is 157 Å². The maximum atomic E-state index is 13.1. The molecule has 0 spiro atoms. The summed E-state index contributed by atoms with van der Waals surface area (Å²) in [6.45, 7) is 1.14. The molecule has 3 heterocycles. The highest BCUT2D eigenvalue weighted by Crippen LogP contribution is 2.29. The predicted octanol–water partition coefficient (Wildman–Crippen LogP) is 3.38. The van der Waals surface area contributed by atoms with Crippen LogP contribution in [0.1, 0.15) is 50.5 Å². The van der Waals surface area contributed by atoms with Gasteiger partial charge in [0.1, 0.15) is 5.56 Å². The van der Waals surface area contributed by atoms with E-state index >= 15 is 0 Å². The zero-order valence-corrected chi connectivity index (χ0v) is 15.7. The second kappa shape index (κ2) is 7.19. The number of pyridine rings is 1. The van der Waals surface area contributed by atoms with E-state index in [1.54, 1.807) is 12.0 Å². The van der Waals surface area contributed by atoms with Crippen LogP contribution in [0.2, 0.25) is 0 Å². The van der Waals surface area contributed by atoms with Crippen LogP contribution in [0.15, 0.2) is 23.6 Å². The van der Waals surface area contributed by atoms with Crippen LogP contribution < -0.4 is 4.74 Å². The molecule has 0 saturated carbocycles. The number of ketones is 1. The quantitative estimate of drug-likeness (QED) is 0.774. The van der Waals surface area contributed by atoms with Crippen LogP contribution in [0.25, 0.3) is 0 Å². The molecule has 1 saturated heterocycles. The number of rotatable bonds is 4. The lowest BCUT2D eigenvalue weighted by Crippen LogP contribution is -2.42. The molecule has 1 aliphatic carbocycles. The molecule has 1 aliphatic heterocycles. The summed E-state index contributed by atoms with van der Waals surface area (Å²) >= 11 is 1.47. The SMILES string of the molecule is COc1nc2c(cc1C(=O)N1CCCC(C(=O)c3cccs3)C1)CCC2. The molecule has 2 aliphatic rings. The summed E-state index contributed by atoms with van der Waals surface area (Å²) in [5, 5.41) is 1.92. The largest absolute Gasteiger partial charge is 0.480 e. The number of Topliss-reactive ketones (excluding diaryl/α,β-unsaturated/α-hetero) is 1. The maximum Gasteiger partial charge on any atom is 0.259 e. The molecule has 2 aromatic heterocycles. The lowest BCUT2D eigenvalue weighted by Gasteiger charge is -2.32. The van der Waals surface area contributed by atoms with Crippen molar-refractivity contribution in [1.29, 1.82) is 0 Å². The Hall–Kier alpha value is -2.21. The number of hydrogen-bond acceptors (Lipinski definition) is 5. The fraction of sp³-hybridized carbons (Fsp3) is 0.450. The summed E-state index contributed by atoms with van der Waals surface area (Å²) in [7, 11) is 1.56. The van der Waals surface area contributed by atoms with Gasteiger partial charge >= 0.3 is 0 Å². The van der Waals surface area contributed by atoms with E-state index in [4.69, 9.17) is 4.74 Å². The molecule has 5 nitrogen and oxygen atoms in total. The van der Waals surface area contributed by atoms with E-state index < -0.39 is 0 Å². The van der Waals surface area contributed by atoms with Gasteiger partial charge < -0.3 is 9.64 Å². The third kappa shape index (κ3) is 3.14. The molecule has 26 heavy (non-hydrogen) atoms. The number of aromatic nitrogens is 1. The molecule has 2 aromatic rings. The minimum Gasteiger partial charge on any atom is -0.480 e. The van der Waals surface area contributed by atoms with Crippen LogP contribution in [0.4, 0.5) is 0 Å². The molecule has 1 unspecified atom stereocenters. The van der Waals surface area contributed by atoms with Crippen LogP contribution in [-0.4, -0.2) is 41.8 Å². The van der Waals surface area contributed by atoms with E-state index in [0.29, 0.717) is 24.5 Å². The zero-order chi connectivity index (χ0) is 18.1. The van der Waals surface area contributed by atoms with Crippen molar-refractivity contribution in [2.75, 3.05) is 20.2 Å². The number of carbonyl (C=O) groups excluding carboxylic acids is 2. The number of aryl methyl sites for hydroxylation is 2. The van der Waals surface area contributed by atoms with Gasteiger partial charge in [-0.1, -0.05) is 6.07 Å². The molecular formula is C20H22N2O3S. The number of ether oxygens (including phenoxy) is 1. The topological polar surface area (TPSA) is 59.5 Å². The average Bonchev–Trinajstić information content (AvgIpc) is 3.37. The van der Waals surface area contributed by atoms with Crippen LogP contribution in [0.3, 0.4) is 0 Å². The molecule has 4 rings (SSSR count). The lowest BCUT2D eigenvalue weighted by molar-refractivity contribution is 0.0635. The van der Waals surface area contributed by atoms with Gasteiger partial charge in [0.05, 0.1) is 12.0 Å². The van der Waals surface area contributed by atoms with Crippen molar-refractivity contribution >= 4 is 23.0 Å². The fourth-order valence-corrected chi connectivity index (χ4v) is 4.67. The summed E-state index contributed by atoms with van der Waals surface area (Å²) in [4.78, 5) is 32.9. The van der Waals surface area contributed by atoms with Gasteiger partial charge in [0, 0.05) is 24.7 Å². The first kappa shape index (κ1) is 17.2. The van der Waals surface area contributed by atoms with Crippen molar-refractivity contribution in [3.05, 3.63) is 45.3 Å². The number of methoxy groups -OCH3 is 1. The number of thiophene rings is 1. The van der Waals surface area contributed by atoms with E-state index in [9.17, 15) is 9.59 Å². The van der Waals surface area contributed by atoms with Crippen molar-refractivity contribution in [3.8, 4) is 5.88 Å². The first-order valence-electron chi connectivity index (χ1n) is 9.11. The second-order valence-corrected chi connectivity index (χ2v) is 7.88. The maximum absolute atomic E-state index is 13.1. The van der Waals surface area contributed by atoms with Crippen molar-refractivity contribution in [3.63, 3.8) is 0 Å². The first-order chi connectivity index (χ1) is 12.7. The van der Waals surface area contributed by atoms with Crippen LogP contribution in [0, 0.1) is 5.92 Å². The van der Waals surface area contributed by atoms with Gasteiger partial charge in [-0.15, -0.1) is 11.3 Å². The number of fused-ring (bicyclic) bond motifs is 1. The Morgan fingerprint density at radius 3 is 2.96 bits per heavy atom. The lowest BCUT2D eigenvalue weighted by atomic mass is 9.92. The molecule has 1 amide bonds. The summed E-state index contributed by atoms with van der Waals surface area (Å²) in [5.41, 5.74) is 2.72. The summed E-state index contributed by atoms with van der Waals surface area (Å²) in [5.74, 6) is 0.353. The Bertz CT molecular complexity index is 832. The van der Waals surface area contributed by atoms with Gasteiger partial charge in [-0.05, 0) is 55.2 Å². The molecule has 6 heteroatoms. The van der Waals surface area contributed by atoms with E-state index in [-0.39, 0.29) is 17.6 Å². The van der Waals surface area contributed by atoms with E-state index in [1.165, 1.54) is 11.3 Å². The normalized spacial score (nSPS) is 19.3. The summed E-state index contributed by atoms with van der Waals surface area (Å²) in [6, 6.07) is 5.70. The van der Waals surface area contributed by atoms with E-state index in [1.807, 2.05) is 23.6 Å². The number of hydrogen-bond donors (Lipinski definition) is 0. The molecular weight excluding hydrogens is 348 g/mol. The molecule has 1 atom stereocenters. The van der Waals surface area contributed by atoms with Gasteiger partial charge in [-0.3, -0.25) is 9.59 Å². The molecule has 0 bridgehead atoms. The van der Waals surface area contributed by atoms with Gasteiger partial charge in [0.15, 0.2) is 5.78 Å². The fourth-order valence-electron chi connectivity index (χ4n) is 3.93. The van der Waals surface area contributed by atoms with Crippen LogP contribution in [-0.2, 0) is 12.8 Å². The Balaban J connectivity index is 1.55. The van der Waals surface area contributed by atoms with Crippen molar-refractivity contribution < 1.29 is 14.3 Å². The molecule has 0 aromatic carbocycles. The number of amides is 1. The molecule has 0 radical (unpaired) electrons. The number of carbonyl (C=O) groups is 2. The number of piperidine rings is 1. The highest BCUT2D eigenvalue weighted by molar-refractivity contribution is 7.12. The standard InChI is InChI=1S/C20H22N2O3S/c1-25-19-15(11-13-5-2-7-16(13)21-19)20(24)22-9-3-6-14(12-22)18(23)17-8-4-10-26-17/h4,8,10-11,14H,2-3,5-7,9,12H2,1H3. The van der Waals surface area contributed by atoms with E-state index in [0.717, 1.165) is 48.2 Å². The van der Waals surface area contributed by atoms with Crippen molar-refractivity contribution in [2.45, 2.75) is 32.1 Å². The summed E-state index contributed by atoms with van der Waals surface area (Å²) in [6.07, 6.45) is 4.66. The number of nitrogens with zero attached hydrogens (tertiary/aromatic N) is 2. The first-order valence-corrected chi connectivity index (χ1v) is 9.99. The van der Waals surface area contributed by atoms with Gasteiger partial charge in [-0.2, -0.15) is 0 Å². The monoisotopic (exact) mass is 370 g/mol. The Morgan fingerprint density at radius 1 is 1.31 bits per heavy atom. The Kier molecular flexibility index (Phi) is 4.76. The predicted molar refractivity (Wildman–Crippen MR) is 100 cm³/mol. The third-order valence-corrected chi connectivity index (χ3v) is 6.17. The minimum atomic E-state index is -0.125. The average molecular weight is 370 g/mol. The number of likely N-dealkylation sites (tertiary alicyclic amines) is 1. The van der Waals surface area contributed by atoms with Crippen LogP contribution in [0.5, 0.6) is 5.88 Å². The van der Waals surface area contributed by atoms with Gasteiger partial charge in [-0.25, -0.2) is 4.98 Å². The molecule has 0 N–H and O–H groups in total. The highest BCUT2D eigenvalue weighted by atomic mass is 32.1. The zero-order valence-electron chi connectivity index (χ0n) is 14.9. The summed E-state index contributed by atoms with van der Waals surface area (Å²) < 4.78 is 5.39. The second-order valence-electron chi connectivity index (χ2n) is 6.94. The van der Waals surface area contributed by atoms with E-state index in [2.05, 4.69) is 4.98 Å². The third-order valence-electron chi connectivity index (χ3n) is 5.28. The van der Waals surface area contributed by atoms with Gasteiger partial charge in [0.2, 0.25) is 5.88 Å². The van der Waals surface area contributed by atoms with Crippen molar-refractivity contribution in [1.82, 2.24) is 9.88 Å². The highest BCUT2D eigenvalue weighted by Gasteiger charge is 2.32. The van der Waals surface area contributed by atoms with Crippen molar-refractivity contribution in [2.24, 2.45) is 5.92 Å². The molecule has 1 fully saturated rings.